The van der Waals surface area contributed by atoms with Gasteiger partial charge in [0.25, 0.3) is 0 Å². The minimum atomic E-state index is 0.615. The van der Waals surface area contributed by atoms with Gasteiger partial charge in [0, 0.05) is 23.4 Å². The summed E-state index contributed by atoms with van der Waals surface area (Å²) in [7, 11) is 0. The molecule has 0 atom stereocenters. The Morgan fingerprint density at radius 3 is 3.00 bits per heavy atom. The van der Waals surface area contributed by atoms with Crippen molar-refractivity contribution in [1.29, 1.82) is 0 Å². The van der Waals surface area contributed by atoms with Crippen molar-refractivity contribution in [2.75, 3.05) is 6.54 Å². The van der Waals surface area contributed by atoms with Crippen LogP contribution in [0.3, 0.4) is 0 Å². The second-order valence-corrected chi connectivity index (χ2v) is 4.25. The zero-order valence-electron chi connectivity index (χ0n) is 8.50. The van der Waals surface area contributed by atoms with Gasteiger partial charge in [-0.25, -0.2) is 4.98 Å². The first-order valence-electron chi connectivity index (χ1n) is 5.01. The Morgan fingerprint density at radius 1 is 1.19 bits per heavy atom. The van der Waals surface area contributed by atoms with Gasteiger partial charge >= 0.3 is 0 Å². The van der Waals surface area contributed by atoms with Crippen molar-refractivity contribution in [3.05, 3.63) is 46.4 Å². The predicted molar refractivity (Wildman–Crippen MR) is 67.2 cm³/mol. The number of hydrogen-bond donors (Lipinski definition) is 0. The van der Waals surface area contributed by atoms with Crippen molar-refractivity contribution in [1.82, 2.24) is 4.98 Å². The third kappa shape index (κ3) is 1.57. The number of para-hydroxylation sites is 1. The SMILES string of the molecule is C1=Nc2ccccc2C(c2nccs2)=NC1. The molecule has 1 aromatic carbocycles. The predicted octanol–water partition coefficient (Wildman–Crippen LogP) is 2.70. The molecule has 0 unspecified atom stereocenters. The van der Waals surface area contributed by atoms with E-state index < -0.39 is 0 Å². The summed E-state index contributed by atoms with van der Waals surface area (Å²) >= 11 is 1.60. The fourth-order valence-corrected chi connectivity index (χ4v) is 2.32. The maximum absolute atomic E-state index is 4.52. The average Bonchev–Trinajstić information content (AvgIpc) is 2.76. The quantitative estimate of drug-likeness (QED) is 0.738. The van der Waals surface area contributed by atoms with Crippen LogP contribution in [0.2, 0.25) is 0 Å². The number of benzene rings is 1. The van der Waals surface area contributed by atoms with Crippen LogP contribution in [0.1, 0.15) is 10.6 Å². The molecule has 78 valence electrons. The van der Waals surface area contributed by atoms with Crippen LogP contribution in [0.4, 0.5) is 5.69 Å². The van der Waals surface area contributed by atoms with Crippen LogP contribution in [0.25, 0.3) is 0 Å². The number of nitrogens with zero attached hydrogens (tertiary/aromatic N) is 3. The Kier molecular flexibility index (Phi) is 2.34. The Morgan fingerprint density at radius 2 is 2.12 bits per heavy atom. The van der Waals surface area contributed by atoms with Crippen LogP contribution in [0.15, 0.2) is 45.8 Å². The van der Waals surface area contributed by atoms with E-state index in [4.69, 9.17) is 0 Å². The van der Waals surface area contributed by atoms with Gasteiger partial charge in [0.1, 0.15) is 10.7 Å². The van der Waals surface area contributed by atoms with E-state index in [9.17, 15) is 0 Å². The highest BCUT2D eigenvalue weighted by Crippen LogP contribution is 2.24. The van der Waals surface area contributed by atoms with Crippen LogP contribution < -0.4 is 0 Å². The molecule has 2 heterocycles. The minimum absolute atomic E-state index is 0.615. The molecular formula is C12H9N3S. The molecular weight excluding hydrogens is 218 g/mol. The lowest BCUT2D eigenvalue weighted by Crippen LogP contribution is -2.03. The largest absolute Gasteiger partial charge is 0.276 e. The highest BCUT2D eigenvalue weighted by atomic mass is 32.1. The van der Waals surface area contributed by atoms with Crippen molar-refractivity contribution in [3.63, 3.8) is 0 Å². The second kappa shape index (κ2) is 3.98. The molecule has 3 rings (SSSR count). The number of rotatable bonds is 1. The van der Waals surface area contributed by atoms with Crippen molar-refractivity contribution < 1.29 is 0 Å². The molecule has 2 aromatic rings. The van der Waals surface area contributed by atoms with Crippen molar-refractivity contribution >= 4 is 29.0 Å². The first kappa shape index (κ1) is 9.42. The zero-order valence-corrected chi connectivity index (χ0v) is 9.31. The molecule has 0 bridgehead atoms. The topological polar surface area (TPSA) is 37.6 Å². The minimum Gasteiger partial charge on any atom is -0.276 e. The van der Waals surface area contributed by atoms with Crippen molar-refractivity contribution in [2.24, 2.45) is 9.98 Å². The summed E-state index contributed by atoms with van der Waals surface area (Å²) < 4.78 is 0. The van der Waals surface area contributed by atoms with Crippen LogP contribution >= 0.6 is 11.3 Å². The highest BCUT2D eigenvalue weighted by molar-refractivity contribution is 7.11. The first-order valence-corrected chi connectivity index (χ1v) is 5.89. The van der Waals surface area contributed by atoms with Gasteiger partial charge in [-0.1, -0.05) is 18.2 Å². The van der Waals surface area contributed by atoms with Crippen molar-refractivity contribution in [2.45, 2.75) is 0 Å². The number of fused-ring (bicyclic) bond motifs is 1. The molecule has 4 heteroatoms. The summed E-state index contributed by atoms with van der Waals surface area (Å²) in [5.74, 6) is 0. The molecule has 1 aromatic heterocycles. The lowest BCUT2D eigenvalue weighted by Gasteiger charge is -2.04. The fraction of sp³-hybridized carbons (Fsp3) is 0.0833. The van der Waals surface area contributed by atoms with Gasteiger partial charge in [0.05, 0.1) is 12.2 Å². The summed E-state index contributed by atoms with van der Waals surface area (Å²) in [6, 6.07) is 8.03. The standard InChI is InChI=1S/C12H9N3S/c1-2-4-10-9(3-1)11(14-6-5-13-10)12-15-7-8-16-12/h1-5,7-8H,6H2. The Balaban J connectivity index is 2.19. The Hall–Kier alpha value is -1.81. The molecule has 16 heavy (non-hydrogen) atoms. The fourth-order valence-electron chi connectivity index (χ4n) is 1.67. The molecule has 0 aliphatic carbocycles. The van der Waals surface area contributed by atoms with Gasteiger partial charge in [-0.05, 0) is 6.07 Å². The van der Waals surface area contributed by atoms with Crippen molar-refractivity contribution in [3.8, 4) is 0 Å². The summed E-state index contributed by atoms with van der Waals surface area (Å²) in [6.07, 6.45) is 3.64. The lowest BCUT2D eigenvalue weighted by atomic mass is 10.1. The van der Waals surface area contributed by atoms with Crippen LogP contribution in [-0.2, 0) is 0 Å². The first-order chi connectivity index (χ1) is 7.95. The molecule has 1 aliphatic rings. The molecule has 1 aliphatic heterocycles. The van der Waals surface area contributed by atoms with Gasteiger partial charge in [-0.2, -0.15) is 0 Å². The molecule has 3 nitrogen and oxygen atoms in total. The molecule has 0 amide bonds. The van der Waals surface area contributed by atoms with Gasteiger partial charge in [-0.3, -0.25) is 9.98 Å². The van der Waals surface area contributed by atoms with Gasteiger partial charge in [-0.15, -0.1) is 11.3 Å². The number of thiazole rings is 1. The van der Waals surface area contributed by atoms with Gasteiger partial charge in [0.2, 0.25) is 0 Å². The molecule has 0 radical (unpaired) electrons. The number of aromatic nitrogens is 1. The second-order valence-electron chi connectivity index (χ2n) is 3.36. The Bertz CT molecular complexity index is 555. The summed E-state index contributed by atoms with van der Waals surface area (Å²) in [5, 5.41) is 2.92. The summed E-state index contributed by atoms with van der Waals surface area (Å²) in [5.41, 5.74) is 2.98. The maximum Gasteiger partial charge on any atom is 0.142 e. The van der Waals surface area contributed by atoms with E-state index in [2.05, 4.69) is 15.0 Å². The third-order valence-electron chi connectivity index (χ3n) is 2.36. The molecule has 0 fully saturated rings. The van der Waals surface area contributed by atoms with Crippen LogP contribution in [-0.4, -0.2) is 23.5 Å². The van der Waals surface area contributed by atoms with E-state index in [0.29, 0.717) is 6.54 Å². The Labute approximate surface area is 97.2 Å². The smallest absolute Gasteiger partial charge is 0.142 e. The highest BCUT2D eigenvalue weighted by Gasteiger charge is 2.14. The summed E-state index contributed by atoms with van der Waals surface area (Å²) in [4.78, 5) is 13.2. The summed E-state index contributed by atoms with van der Waals surface area (Å²) in [6.45, 7) is 0.615. The third-order valence-corrected chi connectivity index (χ3v) is 3.14. The zero-order chi connectivity index (χ0) is 10.8. The number of aliphatic imine (C=N–C) groups is 2. The normalized spacial score (nSPS) is 14.1. The van der Waals surface area contributed by atoms with E-state index in [1.165, 1.54) is 0 Å². The van der Waals surface area contributed by atoms with Crippen LogP contribution in [0.5, 0.6) is 0 Å². The molecule has 0 saturated carbocycles. The molecule has 0 N–H and O–H groups in total. The van der Waals surface area contributed by atoms with E-state index in [1.807, 2.05) is 35.9 Å². The average molecular weight is 227 g/mol. The van der Waals surface area contributed by atoms with E-state index >= 15 is 0 Å². The van der Waals surface area contributed by atoms with E-state index in [1.54, 1.807) is 17.5 Å². The molecule has 0 saturated heterocycles. The van der Waals surface area contributed by atoms with E-state index in [-0.39, 0.29) is 0 Å². The van der Waals surface area contributed by atoms with Gasteiger partial charge < -0.3 is 0 Å². The van der Waals surface area contributed by atoms with Gasteiger partial charge in [0.15, 0.2) is 0 Å². The lowest BCUT2D eigenvalue weighted by molar-refractivity contribution is 1.30. The maximum atomic E-state index is 4.52. The monoisotopic (exact) mass is 227 g/mol. The number of hydrogen-bond acceptors (Lipinski definition) is 4. The van der Waals surface area contributed by atoms with Crippen LogP contribution in [0, 0.1) is 0 Å². The molecule has 0 spiro atoms. The van der Waals surface area contributed by atoms with E-state index in [0.717, 1.165) is 22.0 Å².